The third kappa shape index (κ3) is 5.52. The first-order chi connectivity index (χ1) is 8.83. The van der Waals surface area contributed by atoms with E-state index in [0.29, 0.717) is 26.0 Å². The Balaban J connectivity index is 2.35. The molecule has 7 heteroatoms. The zero-order valence-electron chi connectivity index (χ0n) is 11.7. The van der Waals surface area contributed by atoms with Crippen molar-refractivity contribution in [2.24, 2.45) is 0 Å². The summed E-state index contributed by atoms with van der Waals surface area (Å²) in [7, 11) is -1.25. The second-order valence-electron chi connectivity index (χ2n) is 5.82. The molecule has 0 aliphatic carbocycles. The molecular formula is C12H21NO5Si. The van der Waals surface area contributed by atoms with Crippen LogP contribution in [0, 0.1) is 0 Å². The Morgan fingerprint density at radius 2 is 2.05 bits per heavy atom. The minimum Gasteiger partial charge on any atom is -0.433 e. The Kier molecular flexibility index (Phi) is 5.68. The summed E-state index contributed by atoms with van der Waals surface area (Å²) in [5, 5.41) is 1.24. The molecule has 6 nitrogen and oxygen atoms in total. The smallest absolute Gasteiger partial charge is 0.433 e. The molecule has 1 heterocycles. The molecule has 0 bridgehead atoms. The highest BCUT2D eigenvalue weighted by Gasteiger charge is 2.33. The van der Waals surface area contributed by atoms with Gasteiger partial charge in [0.25, 0.3) is 0 Å². The standard InChI is InChI=1S/C12H21NO5Si/c1-19(2,3)8-7-17-12(16)18-13-6-4-5-10(13)11(15)9-14/h9-10H,4-8H2,1-3H3. The number of hydrogen-bond acceptors (Lipinski definition) is 6. The molecule has 0 spiro atoms. The summed E-state index contributed by atoms with van der Waals surface area (Å²) in [6.07, 6.45) is 0.707. The number of Topliss-reactive ketones (excluding diaryl/α,β-unsaturated/α-hetero) is 1. The fourth-order valence-electron chi connectivity index (χ4n) is 1.77. The lowest BCUT2D eigenvalue weighted by Crippen LogP contribution is -2.38. The molecular weight excluding hydrogens is 266 g/mol. The molecule has 1 saturated heterocycles. The summed E-state index contributed by atoms with van der Waals surface area (Å²) in [6.45, 7) is 7.32. The van der Waals surface area contributed by atoms with E-state index >= 15 is 0 Å². The number of carbonyl (C=O) groups excluding carboxylic acids is 3. The number of rotatable bonds is 6. The molecule has 1 unspecified atom stereocenters. The van der Waals surface area contributed by atoms with Crippen LogP contribution in [0.15, 0.2) is 0 Å². The minimum absolute atomic E-state index is 0.267. The molecule has 1 rings (SSSR count). The van der Waals surface area contributed by atoms with E-state index in [1.807, 2.05) is 0 Å². The molecule has 0 aromatic rings. The van der Waals surface area contributed by atoms with Gasteiger partial charge >= 0.3 is 6.16 Å². The van der Waals surface area contributed by atoms with Crippen LogP contribution in [0.5, 0.6) is 0 Å². The van der Waals surface area contributed by atoms with E-state index in [1.54, 1.807) is 0 Å². The average Bonchev–Trinajstić information content (AvgIpc) is 2.74. The van der Waals surface area contributed by atoms with Crippen LogP contribution < -0.4 is 0 Å². The van der Waals surface area contributed by atoms with Crippen molar-refractivity contribution in [2.45, 2.75) is 44.6 Å². The predicted molar refractivity (Wildman–Crippen MR) is 71.4 cm³/mol. The maximum absolute atomic E-state index is 11.5. The lowest BCUT2D eigenvalue weighted by molar-refractivity contribution is -0.156. The second-order valence-corrected chi connectivity index (χ2v) is 11.4. The van der Waals surface area contributed by atoms with E-state index in [0.717, 1.165) is 6.04 Å². The number of ether oxygens (including phenoxy) is 1. The molecule has 0 radical (unpaired) electrons. The van der Waals surface area contributed by atoms with Gasteiger partial charge in [-0.3, -0.25) is 9.59 Å². The number of ketones is 1. The van der Waals surface area contributed by atoms with Crippen molar-refractivity contribution in [3.05, 3.63) is 0 Å². The lowest BCUT2D eigenvalue weighted by atomic mass is 10.1. The predicted octanol–water partition coefficient (Wildman–Crippen LogP) is 1.63. The van der Waals surface area contributed by atoms with Crippen LogP contribution in [-0.4, -0.2) is 50.6 Å². The van der Waals surface area contributed by atoms with E-state index < -0.39 is 26.1 Å². The highest BCUT2D eigenvalue weighted by Crippen LogP contribution is 2.18. The summed E-state index contributed by atoms with van der Waals surface area (Å²) < 4.78 is 4.97. The number of nitrogens with zero attached hydrogens (tertiary/aromatic N) is 1. The average molecular weight is 287 g/mol. The second kappa shape index (κ2) is 6.81. The van der Waals surface area contributed by atoms with Crippen molar-refractivity contribution < 1.29 is 24.0 Å². The van der Waals surface area contributed by atoms with Crippen LogP contribution in [0.25, 0.3) is 0 Å². The third-order valence-corrected chi connectivity index (χ3v) is 4.62. The zero-order chi connectivity index (χ0) is 14.5. The highest BCUT2D eigenvalue weighted by atomic mass is 28.3. The molecule has 0 aromatic carbocycles. The van der Waals surface area contributed by atoms with Crippen LogP contribution in [0.3, 0.4) is 0 Å². The van der Waals surface area contributed by atoms with Gasteiger partial charge in [-0.1, -0.05) is 19.6 Å². The summed E-state index contributed by atoms with van der Waals surface area (Å²) >= 11 is 0. The third-order valence-electron chi connectivity index (χ3n) is 2.91. The summed E-state index contributed by atoms with van der Waals surface area (Å²) in [6, 6.07) is 0.209. The summed E-state index contributed by atoms with van der Waals surface area (Å²) in [4.78, 5) is 38.2. The fraction of sp³-hybridized carbons (Fsp3) is 0.750. The lowest BCUT2D eigenvalue weighted by Gasteiger charge is -2.20. The molecule has 1 fully saturated rings. The van der Waals surface area contributed by atoms with E-state index in [2.05, 4.69) is 19.6 Å². The van der Waals surface area contributed by atoms with E-state index in [-0.39, 0.29) is 6.29 Å². The zero-order valence-corrected chi connectivity index (χ0v) is 12.7. The van der Waals surface area contributed by atoms with Crippen LogP contribution in [0.4, 0.5) is 4.79 Å². The van der Waals surface area contributed by atoms with Gasteiger partial charge in [-0.25, -0.2) is 4.79 Å². The normalized spacial score (nSPS) is 20.1. The van der Waals surface area contributed by atoms with E-state index in [9.17, 15) is 14.4 Å². The molecule has 0 saturated carbocycles. The van der Waals surface area contributed by atoms with E-state index in [4.69, 9.17) is 9.57 Å². The minimum atomic E-state index is -1.25. The van der Waals surface area contributed by atoms with Gasteiger partial charge in [0.2, 0.25) is 5.78 Å². The molecule has 1 aliphatic rings. The van der Waals surface area contributed by atoms with Gasteiger partial charge in [0.05, 0.1) is 6.61 Å². The number of hydrogen-bond donors (Lipinski definition) is 0. The van der Waals surface area contributed by atoms with Gasteiger partial charge in [0.15, 0.2) is 6.29 Å². The van der Waals surface area contributed by atoms with Crippen molar-refractivity contribution >= 4 is 26.3 Å². The van der Waals surface area contributed by atoms with Gasteiger partial charge in [-0.2, -0.15) is 0 Å². The number of aldehydes is 1. The molecule has 19 heavy (non-hydrogen) atoms. The molecule has 108 valence electrons. The Morgan fingerprint density at radius 1 is 1.37 bits per heavy atom. The number of carbonyl (C=O) groups is 3. The van der Waals surface area contributed by atoms with Crippen LogP contribution in [-0.2, 0) is 19.2 Å². The first-order valence-corrected chi connectivity index (χ1v) is 10.1. The van der Waals surface area contributed by atoms with Gasteiger partial charge in [0.1, 0.15) is 6.04 Å². The van der Waals surface area contributed by atoms with Gasteiger partial charge in [0, 0.05) is 14.6 Å². The molecule has 0 N–H and O–H groups in total. The van der Waals surface area contributed by atoms with Crippen molar-refractivity contribution in [1.29, 1.82) is 0 Å². The highest BCUT2D eigenvalue weighted by molar-refractivity contribution is 6.76. The van der Waals surface area contributed by atoms with Crippen molar-refractivity contribution in [2.75, 3.05) is 13.2 Å². The first-order valence-electron chi connectivity index (χ1n) is 6.44. The summed E-state index contributed by atoms with van der Waals surface area (Å²) in [5.74, 6) is -0.563. The molecule has 0 aromatic heterocycles. The van der Waals surface area contributed by atoms with E-state index in [1.165, 1.54) is 5.06 Å². The molecule has 0 amide bonds. The van der Waals surface area contributed by atoms with Gasteiger partial charge in [-0.15, -0.1) is 5.06 Å². The fourth-order valence-corrected chi connectivity index (χ4v) is 2.49. The van der Waals surface area contributed by atoms with Crippen LogP contribution in [0.1, 0.15) is 12.8 Å². The first kappa shape index (κ1) is 15.8. The topological polar surface area (TPSA) is 72.9 Å². The van der Waals surface area contributed by atoms with Crippen molar-refractivity contribution in [3.63, 3.8) is 0 Å². The van der Waals surface area contributed by atoms with Crippen LogP contribution >= 0.6 is 0 Å². The quantitative estimate of drug-likeness (QED) is 0.320. The summed E-state index contributed by atoms with van der Waals surface area (Å²) in [5.41, 5.74) is 0. The van der Waals surface area contributed by atoms with Gasteiger partial charge in [-0.05, 0) is 18.9 Å². The van der Waals surface area contributed by atoms with Crippen molar-refractivity contribution in [1.82, 2.24) is 5.06 Å². The maximum atomic E-state index is 11.5. The maximum Gasteiger partial charge on any atom is 0.527 e. The largest absolute Gasteiger partial charge is 0.527 e. The Labute approximate surface area is 114 Å². The SMILES string of the molecule is C[Si](C)(C)CCOC(=O)ON1CCCC1C(=O)C=O. The Morgan fingerprint density at radius 3 is 2.63 bits per heavy atom. The number of hydroxylamine groups is 2. The van der Waals surface area contributed by atoms with Gasteiger partial charge < -0.3 is 9.57 Å². The Bertz CT molecular complexity index is 353. The Hall–Kier alpha value is -1.21. The molecule has 1 aliphatic heterocycles. The van der Waals surface area contributed by atoms with Crippen LogP contribution in [0.2, 0.25) is 25.7 Å². The monoisotopic (exact) mass is 287 g/mol. The molecule has 1 atom stereocenters. The van der Waals surface area contributed by atoms with Crippen molar-refractivity contribution in [3.8, 4) is 0 Å².